The number of hydrogen-bond acceptors (Lipinski definition) is 2. The quantitative estimate of drug-likeness (QED) is 0.662. The van der Waals surface area contributed by atoms with E-state index in [4.69, 9.17) is 4.99 Å². The minimum atomic E-state index is -0.970. The van der Waals surface area contributed by atoms with Gasteiger partial charge in [0.15, 0.2) is 0 Å². The summed E-state index contributed by atoms with van der Waals surface area (Å²) in [7, 11) is -0.970. The Balaban J connectivity index is 1.91. The van der Waals surface area contributed by atoms with Crippen LogP contribution >= 0.6 is 11.2 Å². The van der Waals surface area contributed by atoms with E-state index < -0.39 is 7.22 Å². The first-order valence-corrected chi connectivity index (χ1v) is 12.3. The number of benzene rings is 1. The van der Waals surface area contributed by atoms with Crippen molar-refractivity contribution in [1.29, 1.82) is 0 Å². The second-order valence-corrected chi connectivity index (χ2v) is 16.0. The highest BCUT2D eigenvalue weighted by Crippen LogP contribution is 2.34. The largest absolute Gasteiger partial charge is 0.258 e. The molecule has 19 heavy (non-hydrogen) atoms. The zero-order chi connectivity index (χ0) is 13.9. The van der Waals surface area contributed by atoms with Gasteiger partial charge in [-0.25, -0.2) is 0 Å². The van der Waals surface area contributed by atoms with Crippen molar-refractivity contribution >= 4 is 29.8 Å². The van der Waals surface area contributed by atoms with E-state index in [0.717, 1.165) is 10.9 Å². The molecule has 0 heterocycles. The van der Waals surface area contributed by atoms with Gasteiger partial charge in [-0.15, -0.1) is 0 Å². The van der Waals surface area contributed by atoms with Gasteiger partial charge in [0.2, 0.25) is 0 Å². The second kappa shape index (κ2) is 6.27. The Kier molecular flexibility index (Phi) is 4.90. The molecule has 0 atom stereocenters. The lowest BCUT2D eigenvalue weighted by Gasteiger charge is -2.28. The Labute approximate surface area is 122 Å². The summed E-state index contributed by atoms with van der Waals surface area (Å²) < 4.78 is 0. The fourth-order valence-electron chi connectivity index (χ4n) is 2.46. The fourth-order valence-corrected chi connectivity index (χ4v) is 7.63. The lowest BCUT2D eigenvalue weighted by Crippen LogP contribution is -2.24. The van der Waals surface area contributed by atoms with Crippen molar-refractivity contribution < 1.29 is 0 Å². The SMILES string of the molecule is Cc1ccc(N=C2CCC(S[Si](C)(C)C)CC2)cc1. The molecule has 0 saturated heterocycles. The van der Waals surface area contributed by atoms with Crippen molar-refractivity contribution in [3.63, 3.8) is 0 Å². The minimum Gasteiger partial charge on any atom is -0.258 e. The van der Waals surface area contributed by atoms with Crippen molar-refractivity contribution in [3.8, 4) is 0 Å². The number of nitrogens with zero attached hydrogens (tertiary/aromatic N) is 1. The molecule has 0 aliphatic heterocycles. The van der Waals surface area contributed by atoms with Crippen LogP contribution in [0.5, 0.6) is 0 Å². The maximum Gasteiger partial charge on any atom is 0.108 e. The van der Waals surface area contributed by atoms with Crippen molar-refractivity contribution in [3.05, 3.63) is 29.8 Å². The summed E-state index contributed by atoms with van der Waals surface area (Å²) >= 11 is 2.27. The molecular weight excluding hydrogens is 266 g/mol. The van der Waals surface area contributed by atoms with Gasteiger partial charge >= 0.3 is 0 Å². The van der Waals surface area contributed by atoms with Crippen LogP contribution in [-0.4, -0.2) is 18.2 Å². The molecule has 1 saturated carbocycles. The lowest BCUT2D eigenvalue weighted by atomic mass is 9.98. The standard InChI is InChI=1S/C16H25NSSi/c1-13-5-7-14(8-6-13)17-15-9-11-16(12-10-15)18-19(2,3)4/h5-8,16H,9-12H2,1-4H3. The van der Waals surface area contributed by atoms with Gasteiger partial charge in [0.25, 0.3) is 0 Å². The van der Waals surface area contributed by atoms with Crippen LogP contribution < -0.4 is 0 Å². The number of aliphatic imine (C=N–C) groups is 1. The average molecular weight is 292 g/mol. The highest BCUT2D eigenvalue weighted by molar-refractivity contribution is 8.29. The molecule has 0 N–H and O–H groups in total. The summed E-state index contributed by atoms with van der Waals surface area (Å²) in [6.45, 7) is 9.48. The van der Waals surface area contributed by atoms with Crippen molar-refractivity contribution in [2.75, 3.05) is 0 Å². The predicted molar refractivity (Wildman–Crippen MR) is 91.5 cm³/mol. The van der Waals surface area contributed by atoms with Crippen LogP contribution in [-0.2, 0) is 0 Å². The Morgan fingerprint density at radius 3 is 2.16 bits per heavy atom. The van der Waals surface area contributed by atoms with Gasteiger partial charge in [-0.1, -0.05) is 37.3 Å². The molecule has 1 fully saturated rings. The number of rotatable bonds is 3. The zero-order valence-electron chi connectivity index (χ0n) is 12.6. The third-order valence-electron chi connectivity index (χ3n) is 3.35. The third kappa shape index (κ3) is 5.15. The first-order valence-electron chi connectivity index (χ1n) is 7.23. The summed E-state index contributed by atoms with van der Waals surface area (Å²) in [5.74, 6) is 0. The van der Waals surface area contributed by atoms with E-state index in [0.29, 0.717) is 0 Å². The minimum absolute atomic E-state index is 0.878. The summed E-state index contributed by atoms with van der Waals surface area (Å²) in [4.78, 5) is 4.81. The van der Waals surface area contributed by atoms with Crippen LogP contribution in [0.1, 0.15) is 31.2 Å². The highest BCUT2D eigenvalue weighted by atomic mass is 32.4. The van der Waals surface area contributed by atoms with Crippen molar-refractivity contribution in [2.24, 2.45) is 4.99 Å². The van der Waals surface area contributed by atoms with Crippen LogP contribution in [0.2, 0.25) is 19.6 Å². The topological polar surface area (TPSA) is 12.4 Å². The van der Waals surface area contributed by atoms with Crippen molar-refractivity contribution in [2.45, 2.75) is 57.5 Å². The molecule has 1 aromatic carbocycles. The molecule has 3 heteroatoms. The maximum atomic E-state index is 4.81. The molecule has 1 aliphatic carbocycles. The maximum absolute atomic E-state index is 4.81. The van der Waals surface area contributed by atoms with Crippen LogP contribution in [0.3, 0.4) is 0 Å². The van der Waals surface area contributed by atoms with Gasteiger partial charge < -0.3 is 0 Å². The molecule has 0 bridgehead atoms. The summed E-state index contributed by atoms with van der Waals surface area (Å²) in [6, 6.07) is 8.55. The molecule has 2 rings (SSSR count). The summed E-state index contributed by atoms with van der Waals surface area (Å²) in [5.41, 5.74) is 3.83. The number of hydrogen-bond donors (Lipinski definition) is 0. The smallest absolute Gasteiger partial charge is 0.108 e. The molecule has 0 unspecified atom stereocenters. The van der Waals surface area contributed by atoms with Crippen LogP contribution in [0, 0.1) is 6.92 Å². The van der Waals surface area contributed by atoms with Gasteiger partial charge in [0.1, 0.15) is 7.22 Å². The van der Waals surface area contributed by atoms with Crippen molar-refractivity contribution in [1.82, 2.24) is 0 Å². The van der Waals surface area contributed by atoms with E-state index in [1.165, 1.54) is 37.0 Å². The summed E-state index contributed by atoms with van der Waals surface area (Å²) in [6.07, 6.45) is 5.02. The van der Waals surface area contributed by atoms with E-state index in [-0.39, 0.29) is 0 Å². The average Bonchev–Trinajstić information content (AvgIpc) is 2.33. The number of aryl methyl sites for hydroxylation is 1. The van der Waals surface area contributed by atoms with E-state index >= 15 is 0 Å². The molecular formula is C16H25NSSi. The van der Waals surface area contributed by atoms with Crippen LogP contribution in [0.15, 0.2) is 29.3 Å². The molecule has 0 aromatic heterocycles. The molecule has 0 radical (unpaired) electrons. The first-order chi connectivity index (χ1) is 8.92. The third-order valence-corrected chi connectivity index (χ3v) is 7.98. The predicted octanol–water partition coefficient (Wildman–Crippen LogP) is 5.58. The zero-order valence-corrected chi connectivity index (χ0v) is 14.4. The van der Waals surface area contributed by atoms with Gasteiger partial charge in [-0.3, -0.25) is 4.99 Å². The van der Waals surface area contributed by atoms with Gasteiger partial charge in [-0.2, -0.15) is 11.2 Å². The molecule has 0 spiro atoms. The van der Waals surface area contributed by atoms with Gasteiger partial charge in [-0.05, 0) is 50.0 Å². The monoisotopic (exact) mass is 291 g/mol. The Morgan fingerprint density at radius 1 is 1.05 bits per heavy atom. The Bertz CT molecular complexity index is 435. The lowest BCUT2D eigenvalue weighted by molar-refractivity contribution is 0.687. The molecule has 1 nitrogen and oxygen atoms in total. The van der Waals surface area contributed by atoms with Gasteiger partial charge in [0.05, 0.1) is 5.69 Å². The van der Waals surface area contributed by atoms with E-state index in [1.54, 1.807) is 0 Å². The molecule has 0 amide bonds. The summed E-state index contributed by atoms with van der Waals surface area (Å²) in [5, 5.41) is 0.878. The van der Waals surface area contributed by atoms with E-state index in [9.17, 15) is 0 Å². The Morgan fingerprint density at radius 2 is 1.63 bits per heavy atom. The highest BCUT2D eigenvalue weighted by Gasteiger charge is 2.24. The molecule has 104 valence electrons. The van der Waals surface area contributed by atoms with E-state index in [2.05, 4.69) is 62.0 Å². The molecule has 1 aliphatic rings. The first kappa shape index (κ1) is 14.9. The normalized spacial score (nSPS) is 20.4. The van der Waals surface area contributed by atoms with Crippen LogP contribution in [0.4, 0.5) is 5.69 Å². The molecule has 1 aromatic rings. The Hall–Kier alpha value is -0.543. The fraction of sp³-hybridized carbons (Fsp3) is 0.562. The van der Waals surface area contributed by atoms with E-state index in [1.807, 2.05) is 0 Å². The van der Waals surface area contributed by atoms with Gasteiger partial charge in [0, 0.05) is 5.71 Å². The second-order valence-electron chi connectivity index (χ2n) is 6.44. The van der Waals surface area contributed by atoms with Crippen LogP contribution in [0.25, 0.3) is 0 Å².